The van der Waals surface area contributed by atoms with Crippen LogP contribution < -0.4 is 0 Å². The molecule has 0 saturated heterocycles. The second-order valence-corrected chi connectivity index (χ2v) is 42.8. The third kappa shape index (κ3) is 114. The Morgan fingerprint density at radius 2 is 0.255 bits per heavy atom. The average molecular weight is 1400 g/mol. The summed E-state index contributed by atoms with van der Waals surface area (Å²) in [7, 11) is 1.90. The summed E-state index contributed by atoms with van der Waals surface area (Å²) < 4.78 is 0. The van der Waals surface area contributed by atoms with Crippen molar-refractivity contribution in [1.82, 2.24) is 0 Å². The standard InChI is InChI=1S/2C8H18Si.4C6H15Si.9Ge/c2*1-7(2,3)9-8(4,5)6;4*1-6(2,3)7(4)5;;;;;;;;;/h2*1-6H3;4*1-5H3;;;;;;;;;. The Morgan fingerprint density at radius 1 is 0.200 bits per heavy atom. The Bertz CT molecular complexity index is 593. The fourth-order valence-electron chi connectivity index (χ4n) is 2.25. The largest absolute Gasteiger partial charge is 0.0709 e. The van der Waals surface area contributed by atoms with Crippen molar-refractivity contribution < 1.29 is 0 Å². The second-order valence-electron chi connectivity index (χ2n) is 22.2. The third-order valence-electron chi connectivity index (χ3n) is 7.50. The van der Waals surface area contributed by atoms with Gasteiger partial charge in [0.15, 0.2) is 0 Å². The maximum absolute atomic E-state index is 2.35. The van der Waals surface area contributed by atoms with Gasteiger partial charge in [0, 0.05) is 194 Å². The second kappa shape index (κ2) is 45.3. The molecule has 0 aromatic rings. The summed E-state index contributed by atoms with van der Waals surface area (Å²) in [6.07, 6.45) is 0. The molecular weight excluding hydrogens is 1300 g/mol. The molecule has 0 nitrogen and oxygen atoms in total. The van der Waals surface area contributed by atoms with Crippen molar-refractivity contribution in [3.63, 3.8) is 0 Å². The van der Waals surface area contributed by atoms with Crippen LogP contribution in [0.15, 0.2) is 0 Å². The monoisotopic (exact) mass is 1410 g/mol. The summed E-state index contributed by atoms with van der Waals surface area (Å²) >= 11 is 0. The number of rotatable bonds is 0. The first kappa shape index (κ1) is 104. The van der Waals surface area contributed by atoms with Crippen molar-refractivity contribution in [2.45, 2.75) is 259 Å². The van der Waals surface area contributed by atoms with Gasteiger partial charge >= 0.3 is 0 Å². The summed E-state index contributed by atoms with van der Waals surface area (Å²) in [6, 6.07) is 0. The number of hydrogen-bond acceptors (Lipinski definition) is 0. The van der Waals surface area contributed by atoms with E-state index in [0.717, 1.165) is 19.0 Å². The van der Waals surface area contributed by atoms with Gasteiger partial charge in [0.2, 0.25) is 0 Å². The molecule has 0 fully saturated rings. The van der Waals surface area contributed by atoms with Crippen molar-refractivity contribution >= 4 is 213 Å². The molecule has 0 aromatic carbocycles. The average Bonchev–Trinajstić information content (AvgIpc) is 2.61. The first-order valence-corrected chi connectivity index (χ1v) is 30.0. The molecule has 0 aliphatic heterocycles. The van der Waals surface area contributed by atoms with E-state index in [1.54, 1.807) is 0 Å². The van der Waals surface area contributed by atoms with Crippen LogP contribution in [-0.4, -0.2) is 213 Å². The summed E-state index contributed by atoms with van der Waals surface area (Å²) in [5.41, 5.74) is 0. The topological polar surface area (TPSA) is 0 Å². The van der Waals surface area contributed by atoms with E-state index < -0.39 is 0 Å². The van der Waals surface area contributed by atoms with Crippen molar-refractivity contribution in [3.8, 4) is 0 Å². The van der Waals surface area contributed by atoms with E-state index in [0.29, 0.717) is 40.3 Å². The first-order chi connectivity index (χ1) is 19.2. The van der Waals surface area contributed by atoms with Crippen molar-refractivity contribution in [2.75, 3.05) is 0 Å². The minimum Gasteiger partial charge on any atom is -0.0709 e. The van der Waals surface area contributed by atoms with Gasteiger partial charge in [-0.3, -0.25) is 0 Å². The van der Waals surface area contributed by atoms with Crippen LogP contribution in [0.3, 0.4) is 0 Å². The van der Waals surface area contributed by atoms with E-state index in [1.165, 1.54) is 0 Å². The molecule has 0 atom stereocenters. The fourth-order valence-corrected chi connectivity index (χ4v) is 6.75. The fraction of sp³-hybridized carbons (Fsp3) is 1.00. The molecule has 44 radical (unpaired) electrons. The third-order valence-corrected chi connectivity index (χ3v) is 22.5. The van der Waals surface area contributed by atoms with Gasteiger partial charge in [-0.25, -0.2) is 0 Å². The van der Waals surface area contributed by atoms with E-state index in [-0.39, 0.29) is 194 Å². The molecule has 0 heterocycles. The molecule has 0 spiro atoms. The zero-order valence-electron chi connectivity index (χ0n) is 43.5. The first-order valence-electron chi connectivity index (χ1n) is 18.0. The SMILES string of the molecule is CC(C)(C)[Si]C(C)(C)C.CC(C)(C)[Si]C(C)(C)C.C[Si](C)C(C)(C)C.C[Si](C)C(C)(C)C.C[Si](C)C(C)(C)C.C[Si](C)C(C)(C)C.[Ge].[Ge].[Ge].[Ge].[Ge].[Ge].[Ge].[Ge].[Ge]. The van der Waals surface area contributed by atoms with Crippen LogP contribution in [0.1, 0.15) is 166 Å². The zero-order chi connectivity index (χ0) is 39.7. The van der Waals surface area contributed by atoms with Crippen LogP contribution in [0, 0.1) is 0 Å². The van der Waals surface area contributed by atoms with Gasteiger partial charge in [-0.15, -0.1) is 0 Å². The Kier molecular flexibility index (Phi) is 85.7. The predicted molar refractivity (Wildman–Crippen MR) is 291 cm³/mol. The Hall–Kier alpha value is 6.19. The van der Waals surface area contributed by atoms with Gasteiger partial charge in [0.05, 0.1) is 19.0 Å². The van der Waals surface area contributed by atoms with Gasteiger partial charge in [-0.2, -0.15) is 0 Å². The van der Waals surface area contributed by atoms with Gasteiger partial charge in [0.25, 0.3) is 0 Å². The summed E-state index contributed by atoms with van der Waals surface area (Å²) in [4.78, 5) is 0. The summed E-state index contributed by atoms with van der Waals surface area (Å²) in [5, 5.41) is 4.46. The van der Waals surface area contributed by atoms with Gasteiger partial charge < -0.3 is 0 Å². The van der Waals surface area contributed by atoms with E-state index >= 15 is 0 Å². The normalized spacial score (nSPS) is 11.1. The van der Waals surface area contributed by atoms with E-state index in [1.807, 2.05) is 0 Å². The molecule has 0 rings (SSSR count). The molecule has 0 bridgehead atoms. The molecule has 0 aliphatic rings. The molecule has 0 saturated carbocycles. The number of hydrogen-bond donors (Lipinski definition) is 0. The van der Waals surface area contributed by atoms with Crippen LogP contribution in [0.4, 0.5) is 0 Å². The quantitative estimate of drug-likeness (QED) is 0.212. The maximum Gasteiger partial charge on any atom is 0.0511 e. The van der Waals surface area contributed by atoms with Gasteiger partial charge in [-0.05, 0) is 40.3 Å². The van der Waals surface area contributed by atoms with Crippen LogP contribution in [0.5, 0.6) is 0 Å². The minimum absolute atomic E-state index is 0. The summed E-state index contributed by atoms with van der Waals surface area (Å²) in [5.74, 6) is 0. The molecule has 0 aromatic heterocycles. The van der Waals surface area contributed by atoms with E-state index in [4.69, 9.17) is 0 Å². The van der Waals surface area contributed by atoms with Crippen LogP contribution in [0.25, 0.3) is 0 Å². The van der Waals surface area contributed by atoms with Gasteiger partial charge in [0.1, 0.15) is 0 Å². The molecule has 0 amide bonds. The van der Waals surface area contributed by atoms with Crippen molar-refractivity contribution in [2.24, 2.45) is 0 Å². The summed E-state index contributed by atoms with van der Waals surface area (Å²) in [6.45, 7) is 74.1. The predicted octanol–water partition coefficient (Wildman–Crippen LogP) is 13.0. The van der Waals surface area contributed by atoms with Crippen molar-refractivity contribution in [3.05, 3.63) is 0 Å². The molecule has 0 N–H and O–H groups in total. The molecule has 15 heteroatoms. The Labute approximate surface area is 465 Å². The van der Waals surface area contributed by atoms with Gasteiger partial charge in [-0.1, -0.05) is 219 Å². The Morgan fingerprint density at radius 3 is 0.255 bits per heavy atom. The van der Waals surface area contributed by atoms with Crippen LogP contribution in [-0.2, 0) is 0 Å². The van der Waals surface area contributed by atoms with Crippen molar-refractivity contribution in [1.29, 1.82) is 0 Å². The minimum atomic E-state index is -0.0502. The van der Waals surface area contributed by atoms with Crippen LogP contribution >= 0.6 is 0 Å². The van der Waals surface area contributed by atoms with E-state index in [2.05, 4.69) is 219 Å². The molecule has 0 unspecified atom stereocenters. The molecule has 0 aliphatic carbocycles. The zero-order valence-corrected chi connectivity index (χ0v) is 68.4. The van der Waals surface area contributed by atoms with E-state index in [9.17, 15) is 0 Å². The van der Waals surface area contributed by atoms with Crippen LogP contribution in [0.2, 0.25) is 92.7 Å². The molecular formula is C40H96Ge9Si6. The molecule has 55 heavy (non-hydrogen) atoms. The maximum atomic E-state index is 2.35. The smallest absolute Gasteiger partial charge is 0.0511 e. The Balaban J connectivity index is -0.0000000261. The molecule has 316 valence electrons.